The highest BCUT2D eigenvalue weighted by Gasteiger charge is 2.14. The highest BCUT2D eigenvalue weighted by atomic mass is 32.1. The van der Waals surface area contributed by atoms with Crippen molar-refractivity contribution in [2.75, 3.05) is 39.2 Å². The van der Waals surface area contributed by atoms with Crippen molar-refractivity contribution >= 4 is 22.4 Å². The van der Waals surface area contributed by atoms with Gasteiger partial charge in [0.2, 0.25) is 10.1 Å². The highest BCUT2D eigenvalue weighted by molar-refractivity contribution is 7.17. The van der Waals surface area contributed by atoms with Gasteiger partial charge in [-0.05, 0) is 6.92 Å². The Hall–Kier alpha value is -1.25. The lowest BCUT2D eigenvalue weighted by Gasteiger charge is -2.14. The van der Waals surface area contributed by atoms with Crippen LogP contribution in [0.25, 0.3) is 0 Å². The van der Waals surface area contributed by atoms with Gasteiger partial charge in [-0.25, -0.2) is 0 Å². The number of aromatic nitrogens is 2. The second-order valence-corrected chi connectivity index (χ2v) is 4.44. The number of anilines is 1. The fourth-order valence-electron chi connectivity index (χ4n) is 1.22. The molecule has 1 heterocycles. The molecule has 18 heavy (non-hydrogen) atoms. The first-order valence-electron chi connectivity index (χ1n) is 5.58. The Morgan fingerprint density at radius 3 is 2.83 bits per heavy atom. The van der Waals surface area contributed by atoms with Crippen molar-refractivity contribution in [2.24, 2.45) is 0 Å². The van der Waals surface area contributed by atoms with Crippen LogP contribution in [0.1, 0.15) is 16.7 Å². The third-order valence-electron chi connectivity index (χ3n) is 2.12. The van der Waals surface area contributed by atoms with E-state index in [0.717, 1.165) is 6.54 Å². The third-order valence-corrected chi connectivity index (χ3v) is 3.00. The van der Waals surface area contributed by atoms with E-state index < -0.39 is 0 Å². The first kappa shape index (κ1) is 14.8. The van der Waals surface area contributed by atoms with Crippen molar-refractivity contribution in [2.45, 2.75) is 13.0 Å². The highest BCUT2D eigenvalue weighted by Crippen LogP contribution is 2.14. The molecule has 8 heteroatoms. The van der Waals surface area contributed by atoms with Gasteiger partial charge in [0, 0.05) is 27.3 Å². The van der Waals surface area contributed by atoms with E-state index in [2.05, 4.69) is 20.8 Å². The second kappa shape index (κ2) is 7.96. The lowest BCUT2D eigenvalue weighted by Crippen LogP contribution is -2.35. The summed E-state index contributed by atoms with van der Waals surface area (Å²) in [7, 11) is 3.16. The van der Waals surface area contributed by atoms with Crippen molar-refractivity contribution in [3.63, 3.8) is 0 Å². The molecule has 0 aromatic carbocycles. The van der Waals surface area contributed by atoms with E-state index in [9.17, 15) is 4.79 Å². The fourth-order valence-corrected chi connectivity index (χ4v) is 1.94. The van der Waals surface area contributed by atoms with Crippen molar-refractivity contribution in [1.29, 1.82) is 0 Å². The van der Waals surface area contributed by atoms with Gasteiger partial charge in [0.05, 0.1) is 12.7 Å². The summed E-state index contributed by atoms with van der Waals surface area (Å²) in [6.07, 6.45) is -0.167. The maximum absolute atomic E-state index is 11.8. The monoisotopic (exact) mass is 274 g/mol. The molecular formula is C10H18N4O3S. The van der Waals surface area contributed by atoms with Crippen LogP contribution < -0.4 is 10.6 Å². The van der Waals surface area contributed by atoms with Crippen LogP contribution in [-0.2, 0) is 9.47 Å². The number of hydrogen-bond acceptors (Lipinski definition) is 7. The van der Waals surface area contributed by atoms with Crippen LogP contribution in [0.4, 0.5) is 5.13 Å². The Kier molecular flexibility index (Phi) is 6.55. The summed E-state index contributed by atoms with van der Waals surface area (Å²) in [5.41, 5.74) is 0. The number of methoxy groups -OCH3 is 2. The topological polar surface area (TPSA) is 85.4 Å². The minimum Gasteiger partial charge on any atom is -0.382 e. The molecule has 1 amide bonds. The molecule has 0 aliphatic rings. The third kappa shape index (κ3) is 4.55. The van der Waals surface area contributed by atoms with Gasteiger partial charge in [-0.2, -0.15) is 0 Å². The average molecular weight is 274 g/mol. The number of nitrogens with one attached hydrogen (secondary N) is 2. The maximum atomic E-state index is 11.8. The van der Waals surface area contributed by atoms with Crippen molar-refractivity contribution < 1.29 is 14.3 Å². The van der Waals surface area contributed by atoms with Gasteiger partial charge in [-0.15, -0.1) is 10.2 Å². The van der Waals surface area contributed by atoms with Gasteiger partial charge < -0.3 is 20.1 Å². The number of hydrogen-bond donors (Lipinski definition) is 2. The molecule has 1 unspecified atom stereocenters. The zero-order valence-corrected chi connectivity index (χ0v) is 11.5. The van der Waals surface area contributed by atoms with E-state index in [1.165, 1.54) is 11.3 Å². The van der Waals surface area contributed by atoms with E-state index in [1.807, 2.05) is 6.92 Å². The van der Waals surface area contributed by atoms with Gasteiger partial charge in [0.15, 0.2) is 0 Å². The van der Waals surface area contributed by atoms with Crippen LogP contribution in [0.3, 0.4) is 0 Å². The molecule has 1 atom stereocenters. The smallest absolute Gasteiger partial charge is 0.282 e. The summed E-state index contributed by atoms with van der Waals surface area (Å²) in [5.74, 6) is -0.255. The molecule has 0 aliphatic carbocycles. The minimum atomic E-state index is -0.255. The van der Waals surface area contributed by atoms with E-state index in [0.29, 0.717) is 23.3 Å². The molecule has 1 rings (SSSR count). The normalized spacial score (nSPS) is 12.2. The van der Waals surface area contributed by atoms with Crippen molar-refractivity contribution in [3.8, 4) is 0 Å². The molecule has 0 aliphatic heterocycles. The summed E-state index contributed by atoms with van der Waals surface area (Å²) in [5, 5.41) is 14.4. The summed E-state index contributed by atoms with van der Waals surface area (Å²) < 4.78 is 10.1. The van der Waals surface area contributed by atoms with E-state index in [-0.39, 0.29) is 12.0 Å². The molecule has 0 spiro atoms. The molecule has 0 saturated heterocycles. The zero-order valence-electron chi connectivity index (χ0n) is 10.7. The maximum Gasteiger partial charge on any atom is 0.282 e. The van der Waals surface area contributed by atoms with Crippen LogP contribution in [0.15, 0.2) is 0 Å². The number of amides is 1. The summed E-state index contributed by atoms with van der Waals surface area (Å²) >= 11 is 1.22. The van der Waals surface area contributed by atoms with Crippen LogP contribution >= 0.6 is 11.3 Å². The van der Waals surface area contributed by atoms with Gasteiger partial charge >= 0.3 is 0 Å². The quantitative estimate of drug-likeness (QED) is 0.712. The second-order valence-electron chi connectivity index (χ2n) is 3.47. The van der Waals surface area contributed by atoms with Crippen LogP contribution in [0, 0.1) is 0 Å². The molecule has 0 saturated carbocycles. The largest absolute Gasteiger partial charge is 0.382 e. The zero-order chi connectivity index (χ0) is 13.4. The fraction of sp³-hybridized carbons (Fsp3) is 0.700. The summed E-state index contributed by atoms with van der Waals surface area (Å²) in [6.45, 7) is 3.50. The number of carbonyl (C=O) groups is 1. The Morgan fingerprint density at radius 1 is 1.44 bits per heavy atom. The molecular weight excluding hydrogens is 256 g/mol. The molecule has 1 aromatic rings. The minimum absolute atomic E-state index is 0.167. The van der Waals surface area contributed by atoms with Gasteiger partial charge in [0.1, 0.15) is 0 Å². The first-order valence-corrected chi connectivity index (χ1v) is 6.40. The Bertz CT molecular complexity index is 372. The molecule has 7 nitrogen and oxygen atoms in total. The molecule has 102 valence electrons. The molecule has 0 fully saturated rings. The Morgan fingerprint density at radius 2 is 2.22 bits per heavy atom. The molecule has 0 bridgehead atoms. The van der Waals surface area contributed by atoms with Gasteiger partial charge in [-0.1, -0.05) is 11.3 Å². The van der Waals surface area contributed by atoms with E-state index in [1.54, 1.807) is 14.2 Å². The first-order chi connectivity index (χ1) is 8.71. The van der Waals surface area contributed by atoms with Gasteiger partial charge in [0.25, 0.3) is 5.91 Å². The van der Waals surface area contributed by atoms with Crippen LogP contribution in [-0.4, -0.2) is 56.1 Å². The van der Waals surface area contributed by atoms with E-state index >= 15 is 0 Å². The molecule has 1 aromatic heterocycles. The SMILES string of the molecule is CCNc1nnc(C(=O)NCC(COC)OC)s1. The van der Waals surface area contributed by atoms with Crippen LogP contribution in [0.2, 0.25) is 0 Å². The van der Waals surface area contributed by atoms with Crippen molar-refractivity contribution in [1.82, 2.24) is 15.5 Å². The summed E-state index contributed by atoms with van der Waals surface area (Å²) in [4.78, 5) is 11.8. The van der Waals surface area contributed by atoms with Gasteiger partial charge in [-0.3, -0.25) is 4.79 Å². The number of carbonyl (C=O) groups excluding carboxylic acids is 1. The van der Waals surface area contributed by atoms with Crippen molar-refractivity contribution in [3.05, 3.63) is 5.01 Å². The molecule has 0 radical (unpaired) electrons. The Balaban J connectivity index is 2.43. The predicted molar refractivity (Wildman–Crippen MR) is 69.1 cm³/mol. The predicted octanol–water partition coefficient (Wildman–Crippen LogP) is 0.361. The number of rotatable bonds is 8. The lowest BCUT2D eigenvalue weighted by atomic mass is 10.3. The molecule has 2 N–H and O–H groups in total. The summed E-state index contributed by atoms with van der Waals surface area (Å²) in [6, 6.07) is 0. The number of ether oxygens (including phenoxy) is 2. The number of nitrogens with zero attached hydrogens (tertiary/aromatic N) is 2. The van der Waals surface area contributed by atoms with Crippen LogP contribution in [0.5, 0.6) is 0 Å². The lowest BCUT2D eigenvalue weighted by molar-refractivity contribution is 0.0285. The standard InChI is InChI=1S/C10H18N4O3S/c1-4-11-10-14-13-9(18-10)8(15)12-5-7(17-3)6-16-2/h7H,4-6H2,1-3H3,(H,11,14)(H,12,15). The van der Waals surface area contributed by atoms with E-state index in [4.69, 9.17) is 9.47 Å². The average Bonchev–Trinajstić information content (AvgIpc) is 2.83. The Labute approximate surface area is 110 Å².